The summed E-state index contributed by atoms with van der Waals surface area (Å²) in [5, 5.41) is 11.1. The number of rotatable bonds is 5. The highest BCUT2D eigenvalue weighted by Crippen LogP contribution is 2.28. The van der Waals surface area contributed by atoms with Gasteiger partial charge in [-0.3, -0.25) is 0 Å². The van der Waals surface area contributed by atoms with Gasteiger partial charge < -0.3 is 9.84 Å². The maximum absolute atomic E-state index is 9.97. The summed E-state index contributed by atoms with van der Waals surface area (Å²) in [6.45, 7) is 2.26. The Morgan fingerprint density at radius 1 is 1.15 bits per heavy atom. The fourth-order valence-corrected chi connectivity index (χ4v) is 2.36. The average Bonchev–Trinajstić information content (AvgIpc) is 2.46. The molecule has 106 valence electrons. The lowest BCUT2D eigenvalue weighted by Gasteiger charge is -2.15. The van der Waals surface area contributed by atoms with Gasteiger partial charge in [0.05, 0.1) is 6.10 Å². The molecule has 1 N–H and O–H groups in total. The van der Waals surface area contributed by atoms with Crippen molar-refractivity contribution in [1.82, 2.24) is 0 Å². The summed E-state index contributed by atoms with van der Waals surface area (Å²) in [7, 11) is 0. The minimum atomic E-state index is -0.521. The summed E-state index contributed by atoms with van der Waals surface area (Å²) in [5.74, 6) is 0.674. The standard InChI is InChI=1S/C16H16Cl2O2/c1-2-15(19)13-5-3-4-6-16(13)20-10-11-7-8-12(17)9-14(11)18/h3-9,15,19H,2,10H2,1H3/t15-/m0/s1. The number of aliphatic hydroxyl groups excluding tert-OH is 1. The predicted octanol–water partition coefficient (Wildman–Crippen LogP) is 5.02. The van der Waals surface area contributed by atoms with Gasteiger partial charge in [-0.25, -0.2) is 0 Å². The largest absolute Gasteiger partial charge is 0.488 e. The molecule has 20 heavy (non-hydrogen) atoms. The van der Waals surface area contributed by atoms with Crippen LogP contribution < -0.4 is 4.74 Å². The quantitative estimate of drug-likeness (QED) is 0.840. The molecule has 0 heterocycles. The lowest BCUT2D eigenvalue weighted by Crippen LogP contribution is -2.02. The molecule has 0 aliphatic carbocycles. The van der Waals surface area contributed by atoms with Crippen molar-refractivity contribution in [3.63, 3.8) is 0 Å². The fraction of sp³-hybridized carbons (Fsp3) is 0.250. The van der Waals surface area contributed by atoms with E-state index in [1.54, 1.807) is 12.1 Å². The van der Waals surface area contributed by atoms with Gasteiger partial charge in [-0.2, -0.15) is 0 Å². The van der Waals surface area contributed by atoms with Crippen molar-refractivity contribution in [2.45, 2.75) is 26.1 Å². The number of aliphatic hydroxyl groups is 1. The Morgan fingerprint density at radius 2 is 1.90 bits per heavy atom. The first-order valence-electron chi connectivity index (χ1n) is 6.45. The average molecular weight is 311 g/mol. The summed E-state index contributed by atoms with van der Waals surface area (Å²) in [6.07, 6.45) is 0.120. The van der Waals surface area contributed by atoms with Crippen LogP contribution in [-0.4, -0.2) is 5.11 Å². The van der Waals surface area contributed by atoms with Crippen LogP contribution in [0, 0.1) is 0 Å². The van der Waals surface area contributed by atoms with Crippen LogP contribution in [-0.2, 0) is 6.61 Å². The number of ether oxygens (including phenoxy) is 1. The molecular formula is C16H16Cl2O2. The summed E-state index contributed by atoms with van der Waals surface area (Å²) in [4.78, 5) is 0. The molecule has 0 unspecified atom stereocenters. The molecule has 0 bridgehead atoms. The Morgan fingerprint density at radius 3 is 2.60 bits per heavy atom. The van der Waals surface area contributed by atoms with E-state index in [0.29, 0.717) is 28.8 Å². The molecule has 0 spiro atoms. The highest BCUT2D eigenvalue weighted by molar-refractivity contribution is 6.35. The third kappa shape index (κ3) is 3.66. The van der Waals surface area contributed by atoms with E-state index in [0.717, 1.165) is 11.1 Å². The van der Waals surface area contributed by atoms with Crippen LogP contribution in [0.2, 0.25) is 10.0 Å². The zero-order chi connectivity index (χ0) is 14.5. The van der Waals surface area contributed by atoms with Gasteiger partial charge in [0.2, 0.25) is 0 Å². The zero-order valence-corrected chi connectivity index (χ0v) is 12.7. The van der Waals surface area contributed by atoms with Crippen molar-refractivity contribution in [2.75, 3.05) is 0 Å². The highest BCUT2D eigenvalue weighted by Gasteiger charge is 2.11. The first kappa shape index (κ1) is 15.2. The number of para-hydroxylation sites is 1. The molecule has 0 aromatic heterocycles. The van der Waals surface area contributed by atoms with Gasteiger partial charge in [-0.15, -0.1) is 0 Å². The number of hydrogen-bond donors (Lipinski definition) is 1. The number of hydrogen-bond acceptors (Lipinski definition) is 2. The van der Waals surface area contributed by atoms with Gasteiger partial charge >= 0.3 is 0 Å². The molecular weight excluding hydrogens is 295 g/mol. The van der Waals surface area contributed by atoms with Crippen molar-refractivity contribution in [2.24, 2.45) is 0 Å². The summed E-state index contributed by atoms with van der Waals surface area (Å²) in [6, 6.07) is 12.8. The van der Waals surface area contributed by atoms with E-state index in [2.05, 4.69) is 0 Å². The Labute approximate surface area is 128 Å². The van der Waals surface area contributed by atoms with Crippen LogP contribution in [0.15, 0.2) is 42.5 Å². The summed E-state index contributed by atoms with van der Waals surface area (Å²) < 4.78 is 5.78. The van der Waals surface area contributed by atoms with E-state index in [-0.39, 0.29) is 0 Å². The van der Waals surface area contributed by atoms with Crippen LogP contribution in [0.3, 0.4) is 0 Å². The molecule has 2 aromatic rings. The van der Waals surface area contributed by atoms with E-state index in [4.69, 9.17) is 27.9 Å². The first-order valence-corrected chi connectivity index (χ1v) is 7.21. The fourth-order valence-electron chi connectivity index (χ4n) is 1.90. The normalized spacial score (nSPS) is 12.2. The van der Waals surface area contributed by atoms with Gasteiger partial charge in [0.15, 0.2) is 0 Å². The van der Waals surface area contributed by atoms with Crippen molar-refractivity contribution >= 4 is 23.2 Å². The Hall–Kier alpha value is -1.22. The Balaban J connectivity index is 2.15. The van der Waals surface area contributed by atoms with Crippen molar-refractivity contribution in [3.8, 4) is 5.75 Å². The van der Waals surface area contributed by atoms with E-state index in [1.807, 2.05) is 37.3 Å². The third-order valence-corrected chi connectivity index (χ3v) is 3.65. The molecule has 0 saturated carbocycles. The van der Waals surface area contributed by atoms with Crippen LogP contribution in [0.1, 0.15) is 30.6 Å². The number of halogens is 2. The molecule has 0 saturated heterocycles. The molecule has 0 aliphatic heterocycles. The van der Waals surface area contributed by atoms with Crippen molar-refractivity contribution < 1.29 is 9.84 Å². The van der Waals surface area contributed by atoms with Crippen LogP contribution in [0.4, 0.5) is 0 Å². The smallest absolute Gasteiger partial charge is 0.125 e. The topological polar surface area (TPSA) is 29.5 Å². The maximum Gasteiger partial charge on any atom is 0.125 e. The minimum Gasteiger partial charge on any atom is -0.488 e. The minimum absolute atomic E-state index is 0.337. The molecule has 2 nitrogen and oxygen atoms in total. The van der Waals surface area contributed by atoms with Crippen molar-refractivity contribution in [1.29, 1.82) is 0 Å². The van der Waals surface area contributed by atoms with E-state index >= 15 is 0 Å². The molecule has 2 rings (SSSR count). The molecule has 0 fully saturated rings. The second-order valence-electron chi connectivity index (χ2n) is 4.49. The molecule has 0 aliphatic rings. The molecule has 2 aromatic carbocycles. The lowest BCUT2D eigenvalue weighted by molar-refractivity contribution is 0.166. The predicted molar refractivity (Wildman–Crippen MR) is 82.5 cm³/mol. The summed E-state index contributed by atoms with van der Waals surface area (Å²) >= 11 is 12.0. The first-order chi connectivity index (χ1) is 9.61. The van der Waals surface area contributed by atoms with Gasteiger partial charge in [-0.05, 0) is 24.6 Å². The Bertz CT molecular complexity index is 584. The van der Waals surface area contributed by atoms with Gasteiger partial charge in [0.1, 0.15) is 12.4 Å². The van der Waals surface area contributed by atoms with E-state index in [9.17, 15) is 5.11 Å². The summed E-state index contributed by atoms with van der Waals surface area (Å²) in [5.41, 5.74) is 1.65. The van der Waals surface area contributed by atoms with Gasteiger partial charge in [0.25, 0.3) is 0 Å². The van der Waals surface area contributed by atoms with Crippen LogP contribution >= 0.6 is 23.2 Å². The Kier molecular flexibility index (Phi) is 5.30. The van der Waals surface area contributed by atoms with Crippen molar-refractivity contribution in [3.05, 3.63) is 63.6 Å². The third-order valence-electron chi connectivity index (χ3n) is 3.06. The van der Waals surface area contributed by atoms with Crippen LogP contribution in [0.5, 0.6) is 5.75 Å². The van der Waals surface area contributed by atoms with E-state index < -0.39 is 6.10 Å². The van der Waals surface area contributed by atoms with Crippen LogP contribution in [0.25, 0.3) is 0 Å². The molecule has 0 radical (unpaired) electrons. The van der Waals surface area contributed by atoms with E-state index in [1.165, 1.54) is 0 Å². The monoisotopic (exact) mass is 310 g/mol. The second-order valence-corrected chi connectivity index (χ2v) is 5.33. The SMILES string of the molecule is CC[C@H](O)c1ccccc1OCc1ccc(Cl)cc1Cl. The second kappa shape index (κ2) is 6.98. The zero-order valence-electron chi connectivity index (χ0n) is 11.1. The number of benzene rings is 2. The van der Waals surface area contributed by atoms with Gasteiger partial charge in [0, 0.05) is 21.2 Å². The van der Waals surface area contributed by atoms with Gasteiger partial charge in [-0.1, -0.05) is 54.4 Å². The highest BCUT2D eigenvalue weighted by atomic mass is 35.5. The lowest BCUT2D eigenvalue weighted by atomic mass is 10.1. The molecule has 1 atom stereocenters. The maximum atomic E-state index is 9.97. The molecule has 4 heteroatoms. The molecule has 0 amide bonds.